The molecular weight excluding hydrogens is 815 g/mol. The second kappa shape index (κ2) is 47.7. The molecule has 0 heterocycles. The molecule has 2 atom stereocenters. The summed E-state index contributed by atoms with van der Waals surface area (Å²) in [6.45, 7) is 4.65. The highest BCUT2D eigenvalue weighted by Crippen LogP contribution is 2.16. The predicted molar refractivity (Wildman–Crippen MR) is 269 cm³/mol. The minimum atomic E-state index is -1.62. The molecule has 0 fully saturated rings. The van der Waals surface area contributed by atoms with E-state index in [1.165, 1.54) is 128 Å². The number of hydrogen-bond acceptors (Lipinski definition) is 8. The standard InChI is InChI=1S/C56H101NO8/c1-6-8-10-12-14-16-18-20-22-24-25-26-27-28-29-31-33-35-37-39-41-43-45-47-54(59)65-52(51-64-56(55(60)61)62-49-48-57(3,4)5)50-63-53(58)46-44-42-40-38-36-34-32-30-23-21-19-17-15-13-11-9-7-2/h8,10,14,16,20,22,25-26,52,56H,6-7,9,11-13,15,17-19,21,23-24,27-51H2,1-5H3/b10-8-,16-14-,22-20-,26-25-. The fourth-order valence-corrected chi connectivity index (χ4v) is 7.47. The fraction of sp³-hybridized carbons (Fsp3) is 0.804. The van der Waals surface area contributed by atoms with Gasteiger partial charge in [-0.2, -0.15) is 0 Å². The van der Waals surface area contributed by atoms with Crippen LogP contribution in [0.15, 0.2) is 48.6 Å². The van der Waals surface area contributed by atoms with Crippen LogP contribution in [-0.4, -0.2) is 82.3 Å². The van der Waals surface area contributed by atoms with Crippen molar-refractivity contribution in [3.05, 3.63) is 48.6 Å². The van der Waals surface area contributed by atoms with E-state index < -0.39 is 24.3 Å². The van der Waals surface area contributed by atoms with E-state index in [2.05, 4.69) is 62.5 Å². The first-order valence-corrected chi connectivity index (χ1v) is 26.8. The predicted octanol–water partition coefficient (Wildman–Crippen LogP) is 13.8. The lowest BCUT2D eigenvalue weighted by Gasteiger charge is -2.26. The van der Waals surface area contributed by atoms with Crippen molar-refractivity contribution in [2.45, 2.75) is 245 Å². The van der Waals surface area contributed by atoms with Crippen LogP contribution in [0.4, 0.5) is 0 Å². The van der Waals surface area contributed by atoms with Gasteiger partial charge in [0, 0.05) is 12.8 Å². The van der Waals surface area contributed by atoms with E-state index in [4.69, 9.17) is 18.9 Å². The molecule has 0 aromatic heterocycles. The number of carboxylic acids is 1. The molecular formula is C56H101NO8. The molecule has 0 radical (unpaired) electrons. The van der Waals surface area contributed by atoms with Gasteiger partial charge in [-0.05, 0) is 51.4 Å². The van der Waals surface area contributed by atoms with Crippen LogP contribution in [0.1, 0.15) is 232 Å². The SMILES string of the molecule is CC/C=C\C/C=C\C/C=C\C/C=C\CCCCCCCCCCCCC(=O)OC(COC(=O)CCCCCCCCCCCCCCCCCCC)COC(OCC[N+](C)(C)C)C(=O)[O-]. The molecule has 0 aromatic carbocycles. The Morgan fingerprint density at radius 1 is 0.477 bits per heavy atom. The number of carbonyl (C=O) groups excluding carboxylic acids is 3. The van der Waals surface area contributed by atoms with Crippen molar-refractivity contribution in [3.8, 4) is 0 Å². The van der Waals surface area contributed by atoms with Crippen molar-refractivity contribution in [1.29, 1.82) is 0 Å². The average Bonchev–Trinajstić information content (AvgIpc) is 3.27. The van der Waals surface area contributed by atoms with Crippen LogP contribution in [0.3, 0.4) is 0 Å². The normalized spacial score (nSPS) is 13.2. The van der Waals surface area contributed by atoms with Crippen LogP contribution in [0.25, 0.3) is 0 Å². The van der Waals surface area contributed by atoms with E-state index >= 15 is 0 Å². The largest absolute Gasteiger partial charge is 0.545 e. The maximum atomic E-state index is 12.8. The van der Waals surface area contributed by atoms with Gasteiger partial charge in [0.05, 0.1) is 40.3 Å². The van der Waals surface area contributed by atoms with Gasteiger partial charge in [0.2, 0.25) is 0 Å². The van der Waals surface area contributed by atoms with Crippen molar-refractivity contribution in [3.63, 3.8) is 0 Å². The van der Waals surface area contributed by atoms with E-state index in [1.54, 1.807) is 0 Å². The second-order valence-corrected chi connectivity index (χ2v) is 19.1. The Morgan fingerprint density at radius 3 is 1.31 bits per heavy atom. The van der Waals surface area contributed by atoms with Gasteiger partial charge in [0.15, 0.2) is 12.4 Å². The van der Waals surface area contributed by atoms with Crippen LogP contribution < -0.4 is 5.11 Å². The van der Waals surface area contributed by atoms with E-state index in [9.17, 15) is 19.5 Å². The Kier molecular flexibility index (Phi) is 45.7. The number of carboxylic acid groups (broad SMARTS) is 1. The Balaban J connectivity index is 4.29. The maximum Gasteiger partial charge on any atom is 0.306 e. The summed E-state index contributed by atoms with van der Waals surface area (Å²) in [5, 5.41) is 11.7. The van der Waals surface area contributed by atoms with Crippen LogP contribution in [0.2, 0.25) is 0 Å². The maximum absolute atomic E-state index is 12.8. The number of nitrogens with zero attached hydrogens (tertiary/aromatic N) is 1. The quantitative estimate of drug-likeness (QED) is 0.0195. The van der Waals surface area contributed by atoms with Gasteiger partial charge in [-0.25, -0.2) is 0 Å². The second-order valence-electron chi connectivity index (χ2n) is 19.1. The number of ether oxygens (including phenoxy) is 4. The lowest BCUT2D eigenvalue weighted by Crippen LogP contribution is -2.44. The van der Waals surface area contributed by atoms with E-state index in [-0.39, 0.29) is 32.2 Å². The number of aliphatic carboxylic acids is 1. The third kappa shape index (κ3) is 49.0. The first kappa shape index (κ1) is 62.2. The minimum Gasteiger partial charge on any atom is -0.545 e. The smallest absolute Gasteiger partial charge is 0.306 e. The summed E-state index contributed by atoms with van der Waals surface area (Å²) in [6, 6.07) is 0. The number of unbranched alkanes of at least 4 members (excludes halogenated alkanes) is 26. The molecule has 0 aliphatic carbocycles. The van der Waals surface area contributed by atoms with Crippen molar-refractivity contribution < 1.29 is 42.9 Å². The van der Waals surface area contributed by atoms with Gasteiger partial charge < -0.3 is 33.3 Å². The number of allylic oxidation sites excluding steroid dienone is 8. The van der Waals surface area contributed by atoms with E-state index in [1.807, 2.05) is 21.1 Å². The topological polar surface area (TPSA) is 111 Å². The zero-order valence-electron chi connectivity index (χ0n) is 42.9. The van der Waals surface area contributed by atoms with E-state index in [0.29, 0.717) is 23.9 Å². The monoisotopic (exact) mass is 916 g/mol. The van der Waals surface area contributed by atoms with E-state index in [0.717, 1.165) is 70.6 Å². The lowest BCUT2D eigenvalue weighted by molar-refractivity contribution is -0.870. The molecule has 0 aliphatic rings. The number of hydrogen-bond donors (Lipinski definition) is 0. The molecule has 0 saturated carbocycles. The Labute approximate surface area is 400 Å². The first-order valence-electron chi connectivity index (χ1n) is 26.8. The number of rotatable bonds is 49. The van der Waals surface area contributed by atoms with Crippen LogP contribution in [0.5, 0.6) is 0 Å². The Hall–Kier alpha value is -2.75. The molecule has 0 aromatic rings. The molecule has 0 rings (SSSR count). The fourth-order valence-electron chi connectivity index (χ4n) is 7.47. The van der Waals surface area contributed by atoms with Gasteiger partial charge in [-0.3, -0.25) is 9.59 Å². The zero-order valence-corrected chi connectivity index (χ0v) is 42.9. The summed E-state index contributed by atoms with van der Waals surface area (Å²) in [5.74, 6) is -2.28. The van der Waals surface area contributed by atoms with Gasteiger partial charge in [-0.15, -0.1) is 0 Å². The van der Waals surface area contributed by atoms with Crippen LogP contribution >= 0.6 is 0 Å². The van der Waals surface area contributed by atoms with Crippen LogP contribution in [-0.2, 0) is 33.3 Å². The highest BCUT2D eigenvalue weighted by atomic mass is 16.7. The molecule has 378 valence electrons. The van der Waals surface area contributed by atoms with Crippen molar-refractivity contribution in [2.75, 3.05) is 47.5 Å². The minimum absolute atomic E-state index is 0.147. The molecule has 65 heavy (non-hydrogen) atoms. The molecule has 2 unspecified atom stereocenters. The van der Waals surface area contributed by atoms with Crippen molar-refractivity contribution >= 4 is 17.9 Å². The summed E-state index contributed by atoms with van der Waals surface area (Å²) in [6.07, 6.45) is 54.3. The first-order chi connectivity index (χ1) is 31.6. The summed E-state index contributed by atoms with van der Waals surface area (Å²) in [7, 11) is 5.92. The van der Waals surface area contributed by atoms with Gasteiger partial charge in [-0.1, -0.05) is 217 Å². The van der Waals surface area contributed by atoms with Crippen molar-refractivity contribution in [2.24, 2.45) is 0 Å². The molecule has 0 saturated heterocycles. The molecule has 0 N–H and O–H groups in total. The number of esters is 2. The van der Waals surface area contributed by atoms with Gasteiger partial charge in [0.1, 0.15) is 13.2 Å². The zero-order chi connectivity index (χ0) is 47.7. The number of carbonyl (C=O) groups is 3. The van der Waals surface area contributed by atoms with Crippen LogP contribution in [0, 0.1) is 0 Å². The summed E-state index contributed by atoms with van der Waals surface area (Å²) < 4.78 is 22.7. The molecule has 0 aliphatic heterocycles. The third-order valence-corrected chi connectivity index (χ3v) is 11.6. The summed E-state index contributed by atoms with van der Waals surface area (Å²) in [4.78, 5) is 37.2. The molecule has 0 spiro atoms. The Morgan fingerprint density at radius 2 is 0.877 bits per heavy atom. The molecule has 9 heteroatoms. The Bertz CT molecular complexity index is 1210. The summed E-state index contributed by atoms with van der Waals surface area (Å²) in [5.41, 5.74) is 0. The molecule has 0 amide bonds. The van der Waals surface area contributed by atoms with Gasteiger partial charge >= 0.3 is 11.9 Å². The lowest BCUT2D eigenvalue weighted by atomic mass is 10.0. The summed E-state index contributed by atoms with van der Waals surface area (Å²) >= 11 is 0. The third-order valence-electron chi connectivity index (χ3n) is 11.6. The highest BCUT2D eigenvalue weighted by molar-refractivity contribution is 5.70. The van der Waals surface area contributed by atoms with Gasteiger partial charge in [0.25, 0.3) is 0 Å². The molecule has 9 nitrogen and oxygen atoms in total. The highest BCUT2D eigenvalue weighted by Gasteiger charge is 2.22. The molecule has 0 bridgehead atoms. The number of quaternary nitrogens is 1. The average molecular weight is 916 g/mol. The van der Waals surface area contributed by atoms with Crippen molar-refractivity contribution in [1.82, 2.24) is 0 Å². The number of likely N-dealkylation sites (N-methyl/N-ethyl adjacent to an activating group) is 1.